The first-order chi connectivity index (χ1) is 15.0. The van der Waals surface area contributed by atoms with Crippen molar-refractivity contribution in [1.29, 1.82) is 0 Å². The zero-order chi connectivity index (χ0) is 22.0. The Hall–Kier alpha value is -3.40. The van der Waals surface area contributed by atoms with Crippen LogP contribution in [0.15, 0.2) is 57.5 Å². The Morgan fingerprint density at radius 1 is 1.13 bits per heavy atom. The van der Waals surface area contributed by atoms with Gasteiger partial charge in [0.1, 0.15) is 6.10 Å². The van der Waals surface area contributed by atoms with Gasteiger partial charge in [-0.3, -0.25) is 4.68 Å². The second-order valence-electron chi connectivity index (χ2n) is 7.63. The zero-order valence-corrected chi connectivity index (χ0v) is 17.8. The molecule has 0 amide bonds. The molecular formula is C21H26N6O4. The Morgan fingerprint density at radius 2 is 1.87 bits per heavy atom. The molecule has 1 aliphatic rings. The third-order valence-corrected chi connectivity index (χ3v) is 5.53. The minimum Gasteiger partial charge on any atom is -0.392 e. The van der Waals surface area contributed by atoms with Crippen molar-refractivity contribution in [3.05, 3.63) is 69.3 Å². The molecular weight excluding hydrogens is 400 g/mol. The average molecular weight is 426 g/mol. The number of ether oxygens (including phenoxy) is 1. The highest BCUT2D eigenvalue weighted by atomic mass is 16.6. The fourth-order valence-electron chi connectivity index (χ4n) is 3.74. The molecule has 0 saturated heterocycles. The number of rotatable bonds is 8. The predicted octanol–water partition coefficient (Wildman–Crippen LogP) is 1.10. The molecule has 10 heteroatoms. The predicted molar refractivity (Wildman–Crippen MR) is 115 cm³/mol. The van der Waals surface area contributed by atoms with Crippen molar-refractivity contribution >= 4 is 5.71 Å². The summed E-state index contributed by atoms with van der Waals surface area (Å²) in [5.41, 5.74) is 1.41. The highest BCUT2D eigenvalue weighted by Gasteiger charge is 2.28. The Balaban J connectivity index is 1.68. The van der Waals surface area contributed by atoms with Crippen LogP contribution >= 0.6 is 0 Å². The summed E-state index contributed by atoms with van der Waals surface area (Å²) >= 11 is 0. The maximum atomic E-state index is 13.2. The summed E-state index contributed by atoms with van der Waals surface area (Å²) < 4.78 is 10.9. The Bertz CT molecular complexity index is 1190. The lowest BCUT2D eigenvalue weighted by atomic mass is 10.00. The first-order valence-electron chi connectivity index (χ1n) is 10.2. The number of oxime groups is 1. The summed E-state index contributed by atoms with van der Waals surface area (Å²) in [6.07, 6.45) is 3.19. The maximum Gasteiger partial charge on any atom is 0.352 e. The van der Waals surface area contributed by atoms with Crippen molar-refractivity contribution in [1.82, 2.24) is 23.7 Å². The van der Waals surface area contributed by atoms with E-state index in [0.29, 0.717) is 18.8 Å². The normalized spacial score (nSPS) is 18.2. The first kappa shape index (κ1) is 20.9. The standard InChI is InChI=1S/C21H26N6O4/c1-15-19(16(2)31-23-15)14-24-13-18(11-22-24)27-20(28)25(9-10-30-3)26(21(27)29)12-17-7-5-4-6-8-17/h4-8,11,13,16,19H,9-10,12,14H2,1-3H3. The molecule has 0 bridgehead atoms. The number of benzene rings is 1. The summed E-state index contributed by atoms with van der Waals surface area (Å²) in [7, 11) is 1.56. The molecule has 0 saturated carbocycles. The fraction of sp³-hybridized carbons (Fsp3) is 0.429. The molecule has 2 aromatic heterocycles. The van der Waals surface area contributed by atoms with E-state index in [2.05, 4.69) is 10.3 Å². The van der Waals surface area contributed by atoms with Crippen LogP contribution in [0, 0.1) is 5.92 Å². The molecule has 0 aliphatic carbocycles. The first-order valence-corrected chi connectivity index (χ1v) is 10.2. The molecule has 10 nitrogen and oxygen atoms in total. The van der Waals surface area contributed by atoms with Crippen molar-refractivity contribution in [3.8, 4) is 5.69 Å². The van der Waals surface area contributed by atoms with Crippen LogP contribution in [-0.2, 0) is 29.2 Å². The van der Waals surface area contributed by atoms with Crippen LogP contribution < -0.4 is 11.4 Å². The molecule has 1 aliphatic heterocycles. The number of aromatic nitrogens is 5. The lowest BCUT2D eigenvalue weighted by Gasteiger charge is -2.13. The highest BCUT2D eigenvalue weighted by molar-refractivity contribution is 5.85. The van der Waals surface area contributed by atoms with Crippen molar-refractivity contribution < 1.29 is 9.57 Å². The molecule has 3 aromatic rings. The monoisotopic (exact) mass is 426 g/mol. The number of hydrogen-bond acceptors (Lipinski definition) is 6. The zero-order valence-electron chi connectivity index (χ0n) is 17.8. The molecule has 0 radical (unpaired) electrons. The van der Waals surface area contributed by atoms with Gasteiger partial charge in [-0.05, 0) is 19.4 Å². The van der Waals surface area contributed by atoms with E-state index in [9.17, 15) is 9.59 Å². The summed E-state index contributed by atoms with van der Waals surface area (Å²) in [5.74, 6) is 0.0884. The SMILES string of the molecule is COCCn1c(=O)n(-c2cnn(CC3C(C)=NOC3C)c2)c(=O)n1Cc1ccccc1. The van der Waals surface area contributed by atoms with Crippen LogP contribution in [0.4, 0.5) is 0 Å². The van der Waals surface area contributed by atoms with Gasteiger partial charge in [0, 0.05) is 13.3 Å². The van der Waals surface area contributed by atoms with Crippen molar-refractivity contribution in [2.75, 3.05) is 13.7 Å². The van der Waals surface area contributed by atoms with Gasteiger partial charge in [0.05, 0.1) is 49.8 Å². The molecule has 2 unspecified atom stereocenters. The van der Waals surface area contributed by atoms with Crippen molar-refractivity contribution in [2.45, 2.75) is 39.6 Å². The van der Waals surface area contributed by atoms with Crippen molar-refractivity contribution in [3.63, 3.8) is 0 Å². The van der Waals surface area contributed by atoms with Gasteiger partial charge in [0.25, 0.3) is 0 Å². The Kier molecular flexibility index (Phi) is 5.90. The van der Waals surface area contributed by atoms with Crippen LogP contribution in [-0.4, -0.2) is 49.2 Å². The van der Waals surface area contributed by atoms with Gasteiger partial charge in [-0.15, -0.1) is 0 Å². The number of nitrogens with zero attached hydrogens (tertiary/aromatic N) is 6. The molecule has 0 N–H and O–H groups in total. The minimum absolute atomic E-state index is 0.0476. The van der Waals surface area contributed by atoms with E-state index >= 15 is 0 Å². The topological polar surface area (TPSA) is 97.6 Å². The lowest BCUT2D eigenvalue weighted by molar-refractivity contribution is 0.0712. The second kappa shape index (κ2) is 8.76. The van der Waals surface area contributed by atoms with Crippen LogP contribution in [0.25, 0.3) is 5.69 Å². The van der Waals surface area contributed by atoms with Gasteiger partial charge >= 0.3 is 11.4 Å². The molecule has 2 atom stereocenters. The Labute approximate surface area is 178 Å². The van der Waals surface area contributed by atoms with Crippen LogP contribution in [0.1, 0.15) is 19.4 Å². The van der Waals surface area contributed by atoms with Gasteiger partial charge in [0.2, 0.25) is 0 Å². The summed E-state index contributed by atoms with van der Waals surface area (Å²) in [6.45, 7) is 5.29. The highest BCUT2D eigenvalue weighted by Crippen LogP contribution is 2.20. The van der Waals surface area contributed by atoms with Gasteiger partial charge in [-0.2, -0.15) is 5.10 Å². The average Bonchev–Trinajstić information content (AvgIpc) is 3.41. The molecule has 0 spiro atoms. The molecule has 31 heavy (non-hydrogen) atoms. The molecule has 1 aromatic carbocycles. The van der Waals surface area contributed by atoms with E-state index < -0.39 is 11.4 Å². The van der Waals surface area contributed by atoms with E-state index in [1.807, 2.05) is 44.2 Å². The largest absolute Gasteiger partial charge is 0.392 e. The fourth-order valence-corrected chi connectivity index (χ4v) is 3.74. The third-order valence-electron chi connectivity index (χ3n) is 5.53. The second-order valence-corrected chi connectivity index (χ2v) is 7.63. The van der Waals surface area contributed by atoms with E-state index in [4.69, 9.17) is 9.57 Å². The van der Waals surface area contributed by atoms with E-state index in [1.165, 1.54) is 15.6 Å². The summed E-state index contributed by atoms with van der Waals surface area (Å²) in [6, 6.07) is 9.55. The van der Waals surface area contributed by atoms with Gasteiger partial charge in [-0.25, -0.2) is 23.5 Å². The quantitative estimate of drug-likeness (QED) is 0.537. The van der Waals surface area contributed by atoms with Gasteiger partial charge < -0.3 is 9.57 Å². The van der Waals surface area contributed by atoms with Gasteiger partial charge in [0.15, 0.2) is 0 Å². The minimum atomic E-state index is -0.423. The van der Waals surface area contributed by atoms with Crippen molar-refractivity contribution in [2.24, 2.45) is 11.1 Å². The lowest BCUT2D eigenvalue weighted by Crippen LogP contribution is -2.29. The van der Waals surface area contributed by atoms with E-state index in [0.717, 1.165) is 15.8 Å². The van der Waals surface area contributed by atoms with Crippen LogP contribution in [0.3, 0.4) is 0 Å². The number of hydrogen-bond donors (Lipinski definition) is 0. The summed E-state index contributed by atoms with van der Waals surface area (Å²) in [5, 5.41) is 8.38. The summed E-state index contributed by atoms with van der Waals surface area (Å²) in [4.78, 5) is 31.7. The van der Waals surface area contributed by atoms with E-state index in [1.54, 1.807) is 18.0 Å². The van der Waals surface area contributed by atoms with E-state index in [-0.39, 0.29) is 25.1 Å². The molecule has 164 valence electrons. The Morgan fingerprint density at radius 3 is 2.55 bits per heavy atom. The van der Waals surface area contributed by atoms with Gasteiger partial charge in [-0.1, -0.05) is 35.5 Å². The molecule has 4 rings (SSSR count). The van der Waals surface area contributed by atoms with Crippen LogP contribution in [0.2, 0.25) is 0 Å². The smallest absolute Gasteiger partial charge is 0.352 e. The third kappa shape index (κ3) is 4.11. The maximum absolute atomic E-state index is 13.2. The molecule has 0 fully saturated rings. The molecule has 3 heterocycles. The van der Waals surface area contributed by atoms with Crippen LogP contribution in [0.5, 0.6) is 0 Å². The number of methoxy groups -OCH3 is 1.